The van der Waals surface area contributed by atoms with Gasteiger partial charge < -0.3 is 65.5 Å². The number of ether oxygens (including phenoxy) is 2. The Labute approximate surface area is 424 Å². The fraction of sp³-hybridized carbons (Fsp3) is 0.540. The number of hydrogen-bond acceptors (Lipinski definition) is 17. The molecule has 3 aliphatic heterocycles. The highest BCUT2D eigenvalue weighted by atomic mass is 19.1. The van der Waals surface area contributed by atoms with E-state index in [1.807, 2.05) is 0 Å². The van der Waals surface area contributed by atoms with Gasteiger partial charge in [0.25, 0.3) is 17.4 Å². The second kappa shape index (κ2) is 25.1. The lowest BCUT2D eigenvalue weighted by Gasteiger charge is -2.31. The molecule has 3 aromatic rings. The number of fused-ring (bicyclic) bond motifs is 5. The standard InChI is InChI=1S/C50H64FN7O16/c1-4-50(72)32-19-36-44-30(22-58(36)48(70)31(32)25-74-49(50)71)28(29-18-27(2)33(51)20-35(29)55-44)10-7-9-17-73-26-53-40(63)21-52-47(69)34(54-39(62)11-6-5-8-16-57-42(65)14-15-43(57)66)12-13-41(64)56(3)23-37(60)45(67)46(68)38(61)24-59/h14-15,18-20,34,37-38,45-46,59-61,67-68,72H,4-13,16-17,21-26H2,1-3H3,(H,52,69)(H,53,63)(H,54,62)/t34-,37-,38+,45+,46+,50-/m0/s1. The highest BCUT2D eigenvalue weighted by molar-refractivity contribution is 6.12. The van der Waals surface area contributed by atoms with E-state index in [9.17, 15) is 68.3 Å². The Kier molecular flexibility index (Phi) is 19.3. The highest BCUT2D eigenvalue weighted by Crippen LogP contribution is 2.41. The Morgan fingerprint density at radius 3 is 2.34 bits per heavy atom. The third kappa shape index (κ3) is 13.0. The second-order valence-electron chi connectivity index (χ2n) is 18.7. The van der Waals surface area contributed by atoms with E-state index in [1.54, 1.807) is 26.0 Å². The number of halogens is 1. The molecule has 0 fully saturated rings. The van der Waals surface area contributed by atoms with Gasteiger partial charge >= 0.3 is 5.97 Å². The molecule has 0 saturated heterocycles. The number of aliphatic hydroxyl groups excluding tert-OH is 5. The Bertz CT molecular complexity index is 2710. The summed E-state index contributed by atoms with van der Waals surface area (Å²) in [5.74, 6) is -4.79. The van der Waals surface area contributed by atoms with Crippen LogP contribution in [0.4, 0.5) is 4.39 Å². The summed E-state index contributed by atoms with van der Waals surface area (Å²) in [6, 6.07) is 3.34. The molecule has 9 N–H and O–H groups in total. The van der Waals surface area contributed by atoms with Crippen molar-refractivity contribution in [3.8, 4) is 11.4 Å². The number of nitrogens with one attached hydrogen (secondary N) is 3. The third-order valence-corrected chi connectivity index (χ3v) is 13.5. The molecule has 6 rings (SSSR count). The molecule has 6 amide bonds. The maximum absolute atomic E-state index is 14.9. The van der Waals surface area contributed by atoms with E-state index < -0.39 is 109 Å². The quantitative estimate of drug-likeness (QED) is 0.0145. The molecule has 5 heterocycles. The first-order valence-corrected chi connectivity index (χ1v) is 24.5. The number of likely N-dealkylation sites (N-methyl/N-ethyl adjacent to an activating group) is 1. The Hall–Kier alpha value is -6.54. The molecule has 1 aromatic carbocycles. The second-order valence-corrected chi connectivity index (χ2v) is 18.7. The van der Waals surface area contributed by atoms with E-state index in [-0.39, 0.29) is 69.8 Å². The molecule has 0 unspecified atom stereocenters. The van der Waals surface area contributed by atoms with Crippen LogP contribution in [0.25, 0.3) is 22.3 Å². The summed E-state index contributed by atoms with van der Waals surface area (Å²) in [7, 11) is 1.27. The smallest absolute Gasteiger partial charge is 0.343 e. The van der Waals surface area contributed by atoms with Gasteiger partial charge in [-0.2, -0.15) is 0 Å². The van der Waals surface area contributed by atoms with Crippen molar-refractivity contribution in [2.75, 3.05) is 46.6 Å². The molecule has 0 radical (unpaired) electrons. The molecule has 0 spiro atoms. The van der Waals surface area contributed by atoms with Gasteiger partial charge in [0.05, 0.1) is 42.2 Å². The number of aromatic nitrogens is 2. The van der Waals surface area contributed by atoms with Gasteiger partial charge in [-0.1, -0.05) is 13.3 Å². The number of pyridine rings is 2. The number of imide groups is 1. The summed E-state index contributed by atoms with van der Waals surface area (Å²) in [5.41, 5.74) is 1.10. The minimum absolute atomic E-state index is 0.0251. The van der Waals surface area contributed by atoms with Crippen molar-refractivity contribution in [1.82, 2.24) is 35.3 Å². The van der Waals surface area contributed by atoms with E-state index in [0.29, 0.717) is 66.4 Å². The number of cyclic esters (lactones) is 1. The molecule has 0 bridgehead atoms. The average molecular weight is 1040 g/mol. The molecule has 402 valence electrons. The van der Waals surface area contributed by atoms with Gasteiger partial charge in [-0.25, -0.2) is 14.2 Å². The maximum atomic E-state index is 14.9. The van der Waals surface area contributed by atoms with Crippen LogP contribution in [0.2, 0.25) is 0 Å². The summed E-state index contributed by atoms with van der Waals surface area (Å²) in [4.78, 5) is 109. The van der Waals surface area contributed by atoms with Crippen LogP contribution < -0.4 is 21.5 Å². The number of carbonyl (C=O) groups excluding carboxylic acids is 7. The maximum Gasteiger partial charge on any atom is 0.343 e. The number of aryl methyl sites for hydroxylation is 2. The molecule has 6 atom stereocenters. The summed E-state index contributed by atoms with van der Waals surface area (Å²) in [5, 5.41) is 68.6. The van der Waals surface area contributed by atoms with Crippen molar-refractivity contribution in [3.63, 3.8) is 0 Å². The van der Waals surface area contributed by atoms with Gasteiger partial charge in [-0.15, -0.1) is 0 Å². The van der Waals surface area contributed by atoms with Crippen LogP contribution in [0.3, 0.4) is 0 Å². The Balaban J connectivity index is 0.998. The Morgan fingerprint density at radius 2 is 1.64 bits per heavy atom. The lowest BCUT2D eigenvalue weighted by atomic mass is 9.86. The summed E-state index contributed by atoms with van der Waals surface area (Å²) < 4.78 is 27.3. The zero-order valence-corrected chi connectivity index (χ0v) is 41.4. The van der Waals surface area contributed by atoms with Crippen molar-refractivity contribution in [2.45, 2.75) is 127 Å². The van der Waals surface area contributed by atoms with Gasteiger partial charge in [-0.3, -0.25) is 38.5 Å². The molecule has 2 aromatic heterocycles. The van der Waals surface area contributed by atoms with Crippen LogP contribution in [0.1, 0.15) is 92.5 Å². The predicted octanol–water partition coefficient (Wildman–Crippen LogP) is -1.30. The number of unbranched alkanes of at least 4 members (excludes halogenated alkanes) is 3. The first-order chi connectivity index (χ1) is 35.2. The van der Waals surface area contributed by atoms with Crippen molar-refractivity contribution in [3.05, 3.63) is 74.3 Å². The summed E-state index contributed by atoms with van der Waals surface area (Å²) >= 11 is 0. The number of nitrogens with zero attached hydrogens (tertiary/aromatic N) is 4. The monoisotopic (exact) mass is 1040 g/mol. The first kappa shape index (κ1) is 56.8. The first-order valence-electron chi connectivity index (χ1n) is 24.5. The summed E-state index contributed by atoms with van der Waals surface area (Å²) in [6.07, 6.45) is -2.90. The number of rotatable bonds is 27. The van der Waals surface area contributed by atoms with E-state index in [2.05, 4.69) is 16.0 Å². The topological polar surface area (TPSA) is 337 Å². The van der Waals surface area contributed by atoms with E-state index in [4.69, 9.17) is 19.6 Å². The number of aliphatic hydroxyl groups is 6. The van der Waals surface area contributed by atoms with Crippen LogP contribution in [-0.4, -0.2) is 168 Å². The number of hydrogen-bond donors (Lipinski definition) is 9. The van der Waals surface area contributed by atoms with Crippen molar-refractivity contribution in [2.24, 2.45) is 0 Å². The normalized spacial score (nSPS) is 17.8. The van der Waals surface area contributed by atoms with Gasteiger partial charge in [0.15, 0.2) is 5.60 Å². The number of amides is 6. The Morgan fingerprint density at radius 1 is 0.919 bits per heavy atom. The fourth-order valence-electron chi connectivity index (χ4n) is 9.07. The van der Waals surface area contributed by atoms with Crippen LogP contribution >= 0.6 is 0 Å². The van der Waals surface area contributed by atoms with Gasteiger partial charge in [0.2, 0.25) is 23.6 Å². The van der Waals surface area contributed by atoms with E-state index in [0.717, 1.165) is 20.9 Å². The van der Waals surface area contributed by atoms with Gasteiger partial charge in [0, 0.05) is 74.3 Å². The fourth-order valence-corrected chi connectivity index (χ4v) is 9.07. The van der Waals surface area contributed by atoms with Crippen molar-refractivity contribution < 1.29 is 78.1 Å². The van der Waals surface area contributed by atoms with Crippen LogP contribution in [0, 0.1) is 12.7 Å². The highest BCUT2D eigenvalue weighted by Gasteiger charge is 2.45. The molecule has 3 aliphatic rings. The van der Waals surface area contributed by atoms with Crippen LogP contribution in [0.5, 0.6) is 0 Å². The minimum Gasteiger partial charge on any atom is -0.458 e. The lowest BCUT2D eigenvalue weighted by Crippen LogP contribution is -2.50. The molecule has 23 nitrogen and oxygen atoms in total. The zero-order valence-electron chi connectivity index (χ0n) is 41.4. The van der Waals surface area contributed by atoms with E-state index >= 15 is 0 Å². The van der Waals surface area contributed by atoms with Crippen molar-refractivity contribution >= 4 is 52.3 Å². The molecule has 0 aliphatic carbocycles. The molecular formula is C50H64FN7O16. The SMILES string of the molecule is CC[C@@]1(O)C(=O)OCc2c1cc1n(c2=O)Cc2c-1nc1cc(F)c(C)cc1c2CCCCOCNC(=O)CNC(=O)[C@H](CCC(=O)N(C)C[C@H](O)[C@@H](O)[C@H](O)[C@H](O)CO)NC(=O)CCCCCN1C(=O)C=CC1=O. The molecule has 74 heavy (non-hydrogen) atoms. The predicted molar refractivity (Wildman–Crippen MR) is 258 cm³/mol. The van der Waals surface area contributed by atoms with E-state index in [1.165, 1.54) is 29.8 Å². The number of carbonyl (C=O) groups is 7. The van der Waals surface area contributed by atoms with Crippen LogP contribution in [0.15, 0.2) is 35.1 Å². The minimum atomic E-state index is -2.01. The van der Waals surface area contributed by atoms with Crippen LogP contribution in [-0.2, 0) is 68.2 Å². The third-order valence-electron chi connectivity index (χ3n) is 13.5. The van der Waals surface area contributed by atoms with Gasteiger partial charge in [0.1, 0.15) is 49.6 Å². The van der Waals surface area contributed by atoms with Crippen molar-refractivity contribution in [1.29, 1.82) is 0 Å². The number of esters is 1. The molecule has 24 heteroatoms. The molecular weight excluding hydrogens is 974 g/mol. The molecule has 0 saturated carbocycles. The average Bonchev–Trinajstić information content (AvgIpc) is 3.91. The lowest BCUT2D eigenvalue weighted by molar-refractivity contribution is -0.172. The van der Waals surface area contributed by atoms with Gasteiger partial charge in [-0.05, 0) is 75.1 Å². The largest absolute Gasteiger partial charge is 0.458 e. The summed E-state index contributed by atoms with van der Waals surface area (Å²) in [6.45, 7) is 1.32. The number of benzene rings is 1. The zero-order chi connectivity index (χ0) is 54.0.